The van der Waals surface area contributed by atoms with Crippen molar-refractivity contribution in [2.45, 2.75) is 6.92 Å². The van der Waals surface area contributed by atoms with Crippen LogP contribution in [0.15, 0.2) is 11.6 Å². The normalized spacial score (nSPS) is 12.0. The summed E-state index contributed by atoms with van der Waals surface area (Å²) in [6.07, 6.45) is 0.866. The summed E-state index contributed by atoms with van der Waals surface area (Å²) in [6.45, 7) is 1.18. The van der Waals surface area contributed by atoms with Gasteiger partial charge in [-0.25, -0.2) is 0 Å². The molecule has 0 aromatic rings. The Hall–Kier alpha value is 0.756. The topological polar surface area (TPSA) is 94.5 Å². The molecule has 0 rings (SSSR count). The van der Waals surface area contributed by atoms with Crippen molar-refractivity contribution < 1.29 is 74.3 Å². The average molecular weight is 218 g/mol. The van der Waals surface area contributed by atoms with E-state index in [0.717, 1.165) is 6.08 Å². The SMILES string of the molecule is CC(=CCS(=O)(=O)O)C(=O)[O-].[K+]. The van der Waals surface area contributed by atoms with Crippen LogP contribution in [0.1, 0.15) is 6.92 Å². The average Bonchev–Trinajstić information content (AvgIpc) is 1.80. The van der Waals surface area contributed by atoms with Crippen LogP contribution in [0.3, 0.4) is 0 Å². The van der Waals surface area contributed by atoms with Crippen LogP contribution in [0.25, 0.3) is 0 Å². The van der Waals surface area contributed by atoms with E-state index in [2.05, 4.69) is 0 Å². The maximum absolute atomic E-state index is 10.1. The number of hydrogen-bond donors (Lipinski definition) is 1. The Bertz CT molecular complexity index is 278. The standard InChI is InChI=1S/C5H8O5S.K/c1-4(5(6)7)2-3-11(8,9)10;/h2H,3H2,1H3,(H,6,7)(H,8,9,10);/q;+1/p-1. The molecule has 0 aliphatic rings. The third-order valence-electron chi connectivity index (χ3n) is 0.922. The number of rotatable bonds is 3. The maximum atomic E-state index is 10.1. The summed E-state index contributed by atoms with van der Waals surface area (Å²) in [5, 5.41) is 9.96. The second-order valence-corrected chi connectivity index (χ2v) is 3.42. The number of carboxylic acid groups (broad SMARTS) is 1. The first kappa shape index (κ1) is 15.2. The van der Waals surface area contributed by atoms with E-state index < -0.39 is 21.8 Å². The van der Waals surface area contributed by atoms with E-state index in [0.29, 0.717) is 0 Å². The van der Waals surface area contributed by atoms with Gasteiger partial charge in [-0.05, 0) is 12.5 Å². The Kier molecular flexibility index (Phi) is 7.93. The van der Waals surface area contributed by atoms with Crippen LogP contribution in [-0.2, 0) is 14.9 Å². The smallest absolute Gasteiger partial charge is 0.545 e. The fourth-order valence-corrected chi connectivity index (χ4v) is 0.774. The van der Waals surface area contributed by atoms with Gasteiger partial charge in [-0.3, -0.25) is 4.55 Å². The molecular formula is C5H7KO5S. The monoisotopic (exact) mass is 218 g/mol. The molecule has 0 bridgehead atoms. The number of carbonyl (C=O) groups excluding carboxylic acids is 1. The van der Waals surface area contributed by atoms with Crippen molar-refractivity contribution >= 4 is 16.1 Å². The van der Waals surface area contributed by atoms with Gasteiger partial charge in [0.15, 0.2) is 0 Å². The number of aliphatic carboxylic acids is 1. The van der Waals surface area contributed by atoms with E-state index >= 15 is 0 Å². The molecule has 0 aliphatic carbocycles. The van der Waals surface area contributed by atoms with E-state index in [1.807, 2.05) is 0 Å². The summed E-state index contributed by atoms with van der Waals surface area (Å²) in [5.41, 5.74) is -0.220. The minimum Gasteiger partial charge on any atom is -0.545 e. The first-order valence-electron chi connectivity index (χ1n) is 2.66. The first-order chi connectivity index (χ1) is 4.83. The van der Waals surface area contributed by atoms with Crippen molar-refractivity contribution in [2.75, 3.05) is 5.75 Å². The van der Waals surface area contributed by atoms with Crippen molar-refractivity contribution in [3.63, 3.8) is 0 Å². The number of hydrogen-bond acceptors (Lipinski definition) is 4. The Morgan fingerprint density at radius 3 is 2.25 bits per heavy atom. The summed E-state index contributed by atoms with van der Waals surface area (Å²) in [6, 6.07) is 0. The van der Waals surface area contributed by atoms with E-state index in [4.69, 9.17) is 4.55 Å². The van der Waals surface area contributed by atoms with Gasteiger partial charge in [0.05, 0.1) is 11.7 Å². The van der Waals surface area contributed by atoms with Crippen molar-refractivity contribution in [1.29, 1.82) is 0 Å². The molecule has 0 saturated carbocycles. The maximum Gasteiger partial charge on any atom is 1.00 e. The summed E-state index contributed by atoms with van der Waals surface area (Å²) >= 11 is 0. The quantitative estimate of drug-likeness (QED) is 0.293. The zero-order valence-electron chi connectivity index (χ0n) is 6.77. The predicted molar refractivity (Wildman–Crippen MR) is 35.2 cm³/mol. The Balaban J connectivity index is 0. The van der Waals surface area contributed by atoms with Gasteiger partial charge < -0.3 is 9.90 Å². The van der Waals surface area contributed by atoms with E-state index in [9.17, 15) is 18.3 Å². The van der Waals surface area contributed by atoms with Gasteiger partial charge in [0.2, 0.25) is 0 Å². The van der Waals surface area contributed by atoms with Crippen LogP contribution < -0.4 is 56.5 Å². The second-order valence-electron chi connectivity index (χ2n) is 1.92. The van der Waals surface area contributed by atoms with Gasteiger partial charge in [0.1, 0.15) is 0 Å². The molecule has 0 unspecified atom stereocenters. The Morgan fingerprint density at radius 1 is 1.58 bits per heavy atom. The van der Waals surface area contributed by atoms with E-state index in [-0.39, 0.29) is 57.0 Å². The molecule has 64 valence electrons. The summed E-state index contributed by atoms with van der Waals surface area (Å²) < 4.78 is 28.3. The Labute approximate surface area is 113 Å². The van der Waals surface area contributed by atoms with Crippen LogP contribution in [0.5, 0.6) is 0 Å². The van der Waals surface area contributed by atoms with Crippen molar-refractivity contribution in [3.05, 3.63) is 11.6 Å². The third-order valence-corrected chi connectivity index (χ3v) is 1.51. The summed E-state index contributed by atoms with van der Waals surface area (Å²) in [5.74, 6) is -2.15. The zero-order chi connectivity index (χ0) is 9.07. The minimum atomic E-state index is -4.12. The zero-order valence-corrected chi connectivity index (χ0v) is 10.7. The molecule has 0 amide bonds. The van der Waals surface area contributed by atoms with Crippen molar-refractivity contribution in [2.24, 2.45) is 0 Å². The van der Waals surface area contributed by atoms with Crippen LogP contribution >= 0.6 is 0 Å². The van der Waals surface area contributed by atoms with E-state index in [1.165, 1.54) is 6.92 Å². The molecule has 12 heavy (non-hydrogen) atoms. The molecule has 0 heterocycles. The predicted octanol–water partition coefficient (Wildman–Crippen LogP) is -4.43. The van der Waals surface area contributed by atoms with Gasteiger partial charge in [-0.15, -0.1) is 0 Å². The van der Waals surface area contributed by atoms with Gasteiger partial charge in [0, 0.05) is 0 Å². The van der Waals surface area contributed by atoms with Crippen LogP contribution in [0.2, 0.25) is 0 Å². The second kappa shape index (κ2) is 6.25. The molecule has 0 aromatic heterocycles. The van der Waals surface area contributed by atoms with Gasteiger partial charge in [-0.1, -0.05) is 6.08 Å². The third kappa shape index (κ3) is 8.85. The number of carbonyl (C=O) groups is 1. The van der Waals surface area contributed by atoms with Crippen LogP contribution in [-0.4, -0.2) is 24.7 Å². The molecule has 5 nitrogen and oxygen atoms in total. The molecule has 0 spiro atoms. The van der Waals surface area contributed by atoms with E-state index in [1.54, 1.807) is 0 Å². The molecule has 0 aliphatic heterocycles. The number of carboxylic acids is 1. The molecule has 1 N–H and O–H groups in total. The van der Waals surface area contributed by atoms with Crippen LogP contribution in [0, 0.1) is 0 Å². The molecular weight excluding hydrogens is 211 g/mol. The first-order valence-corrected chi connectivity index (χ1v) is 4.27. The van der Waals surface area contributed by atoms with Crippen molar-refractivity contribution in [1.82, 2.24) is 0 Å². The Morgan fingerprint density at radius 2 is 2.00 bits per heavy atom. The van der Waals surface area contributed by atoms with Crippen LogP contribution in [0.4, 0.5) is 0 Å². The molecule has 0 fully saturated rings. The molecule has 0 aromatic carbocycles. The largest absolute Gasteiger partial charge is 1.00 e. The van der Waals surface area contributed by atoms with Gasteiger partial charge in [0.25, 0.3) is 10.1 Å². The minimum absolute atomic E-state index is 0. The fourth-order valence-electron chi connectivity index (χ4n) is 0.314. The summed E-state index contributed by atoms with van der Waals surface area (Å²) in [7, 11) is -4.12. The molecule has 0 radical (unpaired) electrons. The molecule has 0 atom stereocenters. The molecule has 0 saturated heterocycles. The fraction of sp³-hybridized carbons (Fsp3) is 0.400. The van der Waals surface area contributed by atoms with Gasteiger partial charge >= 0.3 is 51.4 Å². The van der Waals surface area contributed by atoms with Gasteiger partial charge in [-0.2, -0.15) is 8.42 Å². The van der Waals surface area contributed by atoms with Crippen molar-refractivity contribution in [3.8, 4) is 0 Å². The summed E-state index contributed by atoms with van der Waals surface area (Å²) in [4.78, 5) is 9.96. The molecule has 7 heteroatoms.